The van der Waals surface area contributed by atoms with Gasteiger partial charge in [-0.2, -0.15) is 5.06 Å². The van der Waals surface area contributed by atoms with E-state index in [1.54, 1.807) is 6.92 Å². The molecule has 0 rings (SSSR count). The number of hydrogen-bond acceptors (Lipinski definition) is 4. The smallest absolute Gasteiger partial charge is 1.00 e. The first-order valence-electron chi connectivity index (χ1n) is 3.39. The van der Waals surface area contributed by atoms with Gasteiger partial charge in [-0.3, -0.25) is 9.59 Å². The molecule has 0 spiro atoms. The van der Waals surface area contributed by atoms with Gasteiger partial charge in [0.05, 0.1) is 0 Å². The van der Waals surface area contributed by atoms with E-state index in [0.717, 1.165) is 0 Å². The second kappa shape index (κ2) is 10.4. The fraction of sp³-hybridized carbons (Fsp3) is 0.667. The van der Waals surface area contributed by atoms with Gasteiger partial charge in [-0.15, -0.1) is 0 Å². The first-order valence-corrected chi connectivity index (χ1v) is 3.39. The molecule has 0 radical (unpaired) electrons. The largest absolute Gasteiger partial charge is 1.00 e. The van der Waals surface area contributed by atoms with E-state index in [9.17, 15) is 9.59 Å². The predicted molar refractivity (Wildman–Crippen MR) is 40.1 cm³/mol. The van der Waals surface area contributed by atoms with Gasteiger partial charge in [0, 0.05) is 0 Å². The van der Waals surface area contributed by atoms with Gasteiger partial charge >= 0.3 is 71.1 Å². The van der Waals surface area contributed by atoms with Crippen LogP contribution in [0.15, 0.2) is 0 Å². The van der Waals surface area contributed by atoms with Crippen LogP contribution in [-0.2, 0) is 9.59 Å². The van der Waals surface area contributed by atoms with Crippen molar-refractivity contribution in [1.82, 2.24) is 5.06 Å². The summed E-state index contributed by atoms with van der Waals surface area (Å²) in [5.41, 5.74) is 0. The van der Waals surface area contributed by atoms with Crippen molar-refractivity contribution in [3.05, 3.63) is 0 Å². The summed E-state index contributed by atoms with van der Waals surface area (Å²) in [4.78, 5) is 20.4. The Labute approximate surface area is 129 Å². The number of carbonyl (C=O) groups is 2. The molecule has 8 heteroatoms. The molecule has 0 saturated heterocycles. The van der Waals surface area contributed by atoms with E-state index in [-0.39, 0.29) is 68.4 Å². The number of carboxylic acids is 2. The predicted octanol–water partition coefficient (Wildman–Crippen LogP) is -6.14. The van der Waals surface area contributed by atoms with Crippen molar-refractivity contribution in [3.8, 4) is 0 Å². The molecule has 0 bridgehead atoms. The Bertz CT molecular complexity index is 198. The second-order valence-corrected chi connectivity index (χ2v) is 2.25. The Kier molecular flexibility index (Phi) is 15.0. The van der Waals surface area contributed by atoms with Crippen molar-refractivity contribution in [2.75, 3.05) is 6.54 Å². The number of rotatable bonds is 5. The minimum Gasteiger partial charge on any atom is -1.00 e. The van der Waals surface area contributed by atoms with Crippen LogP contribution in [0.25, 0.3) is 0 Å². The van der Waals surface area contributed by atoms with Crippen LogP contribution in [0.3, 0.4) is 0 Å². The van der Waals surface area contributed by atoms with E-state index in [1.807, 2.05) is 0 Å². The summed E-state index contributed by atoms with van der Waals surface area (Å²) >= 11 is 0. The van der Waals surface area contributed by atoms with Crippen molar-refractivity contribution in [1.29, 1.82) is 0 Å². The zero-order valence-corrected chi connectivity index (χ0v) is 12.6. The second-order valence-electron chi connectivity index (χ2n) is 2.25. The molecule has 6 nitrogen and oxygen atoms in total. The van der Waals surface area contributed by atoms with E-state index in [1.165, 1.54) is 0 Å². The van der Waals surface area contributed by atoms with Gasteiger partial charge in [-0.1, -0.05) is 6.92 Å². The van der Waals surface area contributed by atoms with Crippen LogP contribution < -0.4 is 59.1 Å². The van der Waals surface area contributed by atoms with Gasteiger partial charge < -0.3 is 18.3 Å². The number of aliphatic carboxylic acids is 2. The summed E-state index contributed by atoms with van der Waals surface area (Å²) in [5.74, 6) is -2.50. The zero-order valence-electron chi connectivity index (χ0n) is 10.6. The minimum absolute atomic E-state index is 0. The molecule has 3 N–H and O–H groups in total. The van der Waals surface area contributed by atoms with E-state index in [2.05, 4.69) is 0 Å². The van der Waals surface area contributed by atoms with Crippen LogP contribution in [0.4, 0.5) is 0 Å². The molecule has 1 unspecified atom stereocenters. The monoisotopic (exact) mass is 225 g/mol. The molecule has 0 aliphatic carbocycles. The van der Waals surface area contributed by atoms with E-state index in [0.29, 0.717) is 5.06 Å². The van der Waals surface area contributed by atoms with Gasteiger partial charge in [0.2, 0.25) is 0 Å². The third kappa shape index (κ3) is 8.19. The van der Waals surface area contributed by atoms with Crippen molar-refractivity contribution in [3.63, 3.8) is 0 Å². The molecule has 14 heavy (non-hydrogen) atoms. The van der Waals surface area contributed by atoms with E-state index in [4.69, 9.17) is 15.4 Å². The van der Waals surface area contributed by atoms with Crippen LogP contribution >= 0.6 is 0 Å². The fourth-order valence-electron chi connectivity index (χ4n) is 0.762. The van der Waals surface area contributed by atoms with Crippen molar-refractivity contribution >= 4 is 11.9 Å². The molecule has 0 heterocycles. The van der Waals surface area contributed by atoms with E-state index >= 15 is 0 Å². The summed E-state index contributed by atoms with van der Waals surface area (Å²) < 4.78 is 0. The third-order valence-electron chi connectivity index (χ3n) is 1.33. The Hall–Kier alpha value is 0.860. The molecule has 1 atom stereocenters. The van der Waals surface area contributed by atoms with Gasteiger partial charge in [-0.25, -0.2) is 0 Å². The summed E-state index contributed by atoms with van der Waals surface area (Å²) in [6, 6.07) is -1.15. The van der Waals surface area contributed by atoms with Crippen LogP contribution in [0.2, 0.25) is 0 Å². The molecule has 74 valence electrons. The number of carboxylic acid groups (broad SMARTS) is 2. The maximum atomic E-state index is 10.4. The van der Waals surface area contributed by atoms with Crippen molar-refractivity contribution < 1.29 is 87.0 Å². The first-order chi connectivity index (χ1) is 5.49. The fourth-order valence-corrected chi connectivity index (χ4v) is 0.762. The molecular weight excluding hydrogens is 212 g/mol. The molecule has 0 saturated carbocycles. The van der Waals surface area contributed by atoms with Crippen molar-refractivity contribution in [2.24, 2.45) is 0 Å². The number of hydrogen-bond donors (Lipinski definition) is 3. The molecule has 0 aliphatic heterocycles. The molecule has 0 aromatic carbocycles. The van der Waals surface area contributed by atoms with Crippen LogP contribution in [-0.4, -0.2) is 45.0 Å². The van der Waals surface area contributed by atoms with Gasteiger partial charge in [0.1, 0.15) is 12.6 Å². The summed E-state index contributed by atoms with van der Waals surface area (Å²) in [7, 11) is 0. The SMILES string of the molecule is CCC(C(=O)O)N(O)CC(=O)O.[H-].[H-].[Na+].[Na+]. The topological polar surface area (TPSA) is 98.1 Å². The Morgan fingerprint density at radius 2 is 1.79 bits per heavy atom. The van der Waals surface area contributed by atoms with Crippen LogP contribution in [0.1, 0.15) is 16.2 Å². The maximum absolute atomic E-state index is 10.4. The average molecular weight is 225 g/mol. The van der Waals surface area contributed by atoms with Gasteiger partial charge in [-0.05, 0) is 6.42 Å². The maximum Gasteiger partial charge on any atom is 1.00 e. The average Bonchev–Trinajstić information content (AvgIpc) is 1.85. The third-order valence-corrected chi connectivity index (χ3v) is 1.33. The quantitative estimate of drug-likeness (QED) is 0.318. The molecule has 0 aromatic rings. The Morgan fingerprint density at radius 1 is 1.36 bits per heavy atom. The Morgan fingerprint density at radius 3 is 2.00 bits per heavy atom. The summed E-state index contributed by atoms with van der Waals surface area (Å²) in [5, 5.41) is 25.9. The number of nitrogens with zero attached hydrogens (tertiary/aromatic N) is 1. The minimum atomic E-state index is -1.27. The normalized spacial score (nSPS) is 11.1. The molecular formula is C6H13NNa2O5. The molecule has 0 aromatic heterocycles. The van der Waals surface area contributed by atoms with Crippen LogP contribution in [0, 0.1) is 0 Å². The van der Waals surface area contributed by atoms with Gasteiger partial charge in [0.25, 0.3) is 0 Å². The van der Waals surface area contributed by atoms with E-state index < -0.39 is 24.5 Å². The van der Waals surface area contributed by atoms with Gasteiger partial charge in [0.15, 0.2) is 0 Å². The summed E-state index contributed by atoms with van der Waals surface area (Å²) in [6.45, 7) is 0.856. The molecule has 0 fully saturated rings. The summed E-state index contributed by atoms with van der Waals surface area (Å²) in [6.07, 6.45) is 0.152. The first kappa shape index (κ1) is 20.3. The molecule has 0 amide bonds. The standard InChI is InChI=1S/C6H11NO5.2Na.2H/c1-2-4(6(10)11)7(12)3-5(8)9;;;;/h4,12H,2-3H2,1H3,(H,8,9)(H,10,11);;;;/q;2*+1;2*-1. The Balaban J connectivity index is -0.000000101. The zero-order chi connectivity index (χ0) is 9.72. The van der Waals surface area contributed by atoms with Crippen LogP contribution in [0.5, 0.6) is 0 Å². The van der Waals surface area contributed by atoms with Crippen molar-refractivity contribution in [2.45, 2.75) is 19.4 Å². The molecule has 0 aliphatic rings. The number of hydroxylamine groups is 2.